The van der Waals surface area contributed by atoms with Gasteiger partial charge in [0.2, 0.25) is 5.95 Å². The van der Waals surface area contributed by atoms with Gasteiger partial charge in [-0.1, -0.05) is 54.6 Å². The van der Waals surface area contributed by atoms with E-state index in [1.54, 1.807) is 0 Å². The summed E-state index contributed by atoms with van der Waals surface area (Å²) in [7, 11) is 0. The maximum atomic E-state index is 5.00. The van der Waals surface area contributed by atoms with Crippen LogP contribution in [-0.2, 0) is 19.4 Å². The van der Waals surface area contributed by atoms with Gasteiger partial charge in [0.05, 0.1) is 0 Å². The maximum absolute atomic E-state index is 5.00. The van der Waals surface area contributed by atoms with Crippen LogP contribution in [0.25, 0.3) is 0 Å². The summed E-state index contributed by atoms with van der Waals surface area (Å²) in [6.45, 7) is 6.14. The molecule has 0 bridgehead atoms. The summed E-state index contributed by atoms with van der Waals surface area (Å²) in [5.41, 5.74) is 5.40. The number of hydrogen-bond acceptors (Lipinski definition) is 4. The summed E-state index contributed by atoms with van der Waals surface area (Å²) < 4.78 is 0. The number of anilines is 2. The number of rotatable bonds is 4. The van der Waals surface area contributed by atoms with E-state index in [4.69, 9.17) is 9.97 Å². The van der Waals surface area contributed by atoms with Crippen LogP contribution >= 0.6 is 0 Å². The third-order valence-electron chi connectivity index (χ3n) is 6.55. The van der Waals surface area contributed by atoms with Gasteiger partial charge in [0.25, 0.3) is 0 Å². The highest BCUT2D eigenvalue weighted by atomic mass is 15.3. The lowest BCUT2D eigenvalue weighted by Gasteiger charge is -2.34. The molecule has 2 aliphatic heterocycles. The standard InChI is InChI=1S/C26H30N4/c1-20-17-25(30-16-13-23-9-5-6-10-24(23)19-30)28-26(27-20)29-14-11-22(12-15-29)18-21-7-3-2-4-8-21/h2-10,17,22H,11-16,18-19H2,1H3. The molecular weight excluding hydrogens is 368 g/mol. The summed E-state index contributed by atoms with van der Waals surface area (Å²) in [4.78, 5) is 14.6. The number of hydrogen-bond donors (Lipinski definition) is 0. The van der Waals surface area contributed by atoms with Crippen molar-refractivity contribution in [1.82, 2.24) is 9.97 Å². The third kappa shape index (κ3) is 4.18. The first-order chi connectivity index (χ1) is 14.7. The van der Waals surface area contributed by atoms with Gasteiger partial charge in [-0.25, -0.2) is 4.98 Å². The fraction of sp³-hybridized carbons (Fsp3) is 0.385. The van der Waals surface area contributed by atoms with Crippen molar-refractivity contribution in [3.8, 4) is 0 Å². The molecule has 5 rings (SSSR count). The Morgan fingerprint density at radius 1 is 0.833 bits per heavy atom. The van der Waals surface area contributed by atoms with E-state index in [-0.39, 0.29) is 0 Å². The third-order valence-corrected chi connectivity index (χ3v) is 6.55. The first-order valence-electron chi connectivity index (χ1n) is 11.2. The molecule has 1 saturated heterocycles. The lowest BCUT2D eigenvalue weighted by Crippen LogP contribution is -2.36. The highest BCUT2D eigenvalue weighted by molar-refractivity contribution is 5.49. The minimum absolute atomic E-state index is 0.756. The zero-order valence-corrected chi connectivity index (χ0v) is 17.8. The summed E-state index contributed by atoms with van der Waals surface area (Å²) in [5, 5.41) is 0. The lowest BCUT2D eigenvalue weighted by molar-refractivity contribution is 0.400. The van der Waals surface area contributed by atoms with E-state index in [0.29, 0.717) is 0 Å². The van der Waals surface area contributed by atoms with Crippen LogP contribution in [-0.4, -0.2) is 29.6 Å². The van der Waals surface area contributed by atoms with Gasteiger partial charge >= 0.3 is 0 Å². The molecule has 0 radical (unpaired) electrons. The summed E-state index contributed by atoms with van der Waals surface area (Å²) in [6, 6.07) is 21.8. The van der Waals surface area contributed by atoms with Crippen LogP contribution in [0.4, 0.5) is 11.8 Å². The van der Waals surface area contributed by atoms with E-state index >= 15 is 0 Å². The number of fused-ring (bicyclic) bond motifs is 1. The number of piperidine rings is 1. The van der Waals surface area contributed by atoms with Gasteiger partial charge in [-0.15, -0.1) is 0 Å². The minimum Gasteiger partial charge on any atom is -0.352 e. The lowest BCUT2D eigenvalue weighted by atomic mass is 9.90. The van der Waals surface area contributed by atoms with Crippen LogP contribution in [0.1, 0.15) is 35.2 Å². The van der Waals surface area contributed by atoms with Crippen molar-refractivity contribution in [3.63, 3.8) is 0 Å². The average molecular weight is 399 g/mol. The molecule has 0 atom stereocenters. The molecule has 2 aromatic carbocycles. The molecular formula is C26H30N4. The number of aryl methyl sites for hydroxylation is 1. The number of benzene rings is 2. The number of nitrogens with zero attached hydrogens (tertiary/aromatic N) is 4. The molecule has 4 nitrogen and oxygen atoms in total. The Morgan fingerprint density at radius 3 is 2.37 bits per heavy atom. The molecule has 154 valence electrons. The quantitative estimate of drug-likeness (QED) is 0.631. The van der Waals surface area contributed by atoms with Crippen molar-refractivity contribution in [3.05, 3.63) is 83.0 Å². The van der Waals surface area contributed by atoms with Crippen molar-refractivity contribution >= 4 is 11.8 Å². The van der Waals surface area contributed by atoms with E-state index in [9.17, 15) is 0 Å². The fourth-order valence-electron chi connectivity index (χ4n) is 4.82. The smallest absolute Gasteiger partial charge is 0.227 e. The van der Waals surface area contributed by atoms with Gasteiger partial charge in [0, 0.05) is 37.9 Å². The first kappa shape index (κ1) is 19.1. The van der Waals surface area contributed by atoms with Gasteiger partial charge < -0.3 is 9.80 Å². The van der Waals surface area contributed by atoms with E-state index in [2.05, 4.69) is 77.4 Å². The van der Waals surface area contributed by atoms with Gasteiger partial charge in [0.15, 0.2) is 0 Å². The molecule has 3 heterocycles. The predicted octanol–water partition coefficient (Wildman–Crippen LogP) is 4.81. The van der Waals surface area contributed by atoms with Crippen molar-refractivity contribution in [2.75, 3.05) is 29.4 Å². The molecule has 0 aliphatic carbocycles. The Bertz CT molecular complexity index is 993. The maximum Gasteiger partial charge on any atom is 0.227 e. The van der Waals surface area contributed by atoms with Gasteiger partial charge in [-0.05, 0) is 55.2 Å². The van der Waals surface area contributed by atoms with Crippen LogP contribution in [0.3, 0.4) is 0 Å². The summed E-state index contributed by atoms with van der Waals surface area (Å²) in [5.74, 6) is 2.73. The normalized spacial score (nSPS) is 17.1. The molecule has 4 heteroatoms. The van der Waals surface area contributed by atoms with Gasteiger partial charge in [-0.3, -0.25) is 0 Å². The molecule has 1 fully saturated rings. The molecule has 1 aromatic heterocycles. The monoisotopic (exact) mass is 398 g/mol. The Hall–Kier alpha value is -2.88. The molecule has 3 aromatic rings. The predicted molar refractivity (Wildman–Crippen MR) is 123 cm³/mol. The second-order valence-electron chi connectivity index (χ2n) is 8.73. The highest BCUT2D eigenvalue weighted by Gasteiger charge is 2.23. The van der Waals surface area contributed by atoms with Crippen molar-refractivity contribution in [2.45, 2.75) is 39.2 Å². The molecule has 0 N–H and O–H groups in total. The largest absolute Gasteiger partial charge is 0.352 e. The summed E-state index contributed by atoms with van der Waals surface area (Å²) in [6.07, 6.45) is 4.68. The molecule has 0 saturated carbocycles. The minimum atomic E-state index is 0.756. The Kier molecular flexibility index (Phi) is 5.39. The Balaban J connectivity index is 1.27. The van der Waals surface area contributed by atoms with Crippen molar-refractivity contribution in [1.29, 1.82) is 0 Å². The highest BCUT2D eigenvalue weighted by Crippen LogP contribution is 2.28. The van der Waals surface area contributed by atoms with E-state index < -0.39 is 0 Å². The molecule has 30 heavy (non-hydrogen) atoms. The van der Waals surface area contributed by atoms with Crippen LogP contribution in [0.15, 0.2) is 60.7 Å². The van der Waals surface area contributed by atoms with E-state index in [0.717, 1.165) is 56.0 Å². The van der Waals surface area contributed by atoms with Crippen LogP contribution in [0.2, 0.25) is 0 Å². The average Bonchev–Trinajstić information content (AvgIpc) is 2.79. The Labute approximate surface area is 179 Å². The van der Waals surface area contributed by atoms with Crippen molar-refractivity contribution in [2.24, 2.45) is 5.92 Å². The Morgan fingerprint density at radius 2 is 1.57 bits per heavy atom. The zero-order chi connectivity index (χ0) is 20.3. The second kappa shape index (κ2) is 8.47. The topological polar surface area (TPSA) is 32.3 Å². The van der Waals surface area contributed by atoms with E-state index in [1.807, 2.05) is 0 Å². The van der Waals surface area contributed by atoms with Crippen LogP contribution in [0, 0.1) is 12.8 Å². The van der Waals surface area contributed by atoms with E-state index in [1.165, 1.54) is 36.0 Å². The molecule has 0 amide bonds. The van der Waals surface area contributed by atoms with Crippen LogP contribution < -0.4 is 9.80 Å². The first-order valence-corrected chi connectivity index (χ1v) is 11.2. The van der Waals surface area contributed by atoms with Gasteiger partial charge in [-0.2, -0.15) is 4.98 Å². The molecule has 2 aliphatic rings. The fourth-order valence-corrected chi connectivity index (χ4v) is 4.82. The SMILES string of the molecule is Cc1cc(N2CCc3ccccc3C2)nc(N2CCC(Cc3ccccc3)CC2)n1. The second-order valence-corrected chi connectivity index (χ2v) is 8.73. The van der Waals surface area contributed by atoms with Crippen LogP contribution in [0.5, 0.6) is 0 Å². The summed E-state index contributed by atoms with van der Waals surface area (Å²) >= 11 is 0. The zero-order valence-electron chi connectivity index (χ0n) is 17.8. The molecule has 0 spiro atoms. The van der Waals surface area contributed by atoms with Gasteiger partial charge in [0.1, 0.15) is 5.82 Å². The molecule has 0 unspecified atom stereocenters. The number of aromatic nitrogens is 2. The van der Waals surface area contributed by atoms with Crippen molar-refractivity contribution < 1.29 is 0 Å².